The number of carbonyl (C=O) groups excluding carboxylic acids is 3. The number of hydrogen-bond acceptors (Lipinski definition) is 4. The highest BCUT2D eigenvalue weighted by atomic mass is 16.5. The minimum Gasteiger partial charge on any atom is -0.497 e. The lowest BCUT2D eigenvalue weighted by atomic mass is 10.0. The minimum absolute atomic E-state index is 0.102. The minimum atomic E-state index is -0.787. The van der Waals surface area contributed by atoms with Crippen molar-refractivity contribution >= 4 is 29.6 Å². The smallest absolute Gasteiger partial charge is 0.335 e. The van der Waals surface area contributed by atoms with Gasteiger partial charge in [0.25, 0.3) is 11.8 Å². The van der Waals surface area contributed by atoms with Gasteiger partial charge < -0.3 is 4.74 Å². The Balaban J connectivity index is 1.96. The molecule has 0 radical (unpaired) electrons. The van der Waals surface area contributed by atoms with Gasteiger partial charge in [-0.3, -0.25) is 14.9 Å². The Kier molecular flexibility index (Phi) is 5.07. The molecule has 0 aliphatic carbocycles. The molecule has 0 saturated carbocycles. The van der Waals surface area contributed by atoms with Crippen LogP contribution in [0.4, 0.5) is 10.5 Å². The number of anilines is 1. The molecule has 0 unspecified atom stereocenters. The summed E-state index contributed by atoms with van der Waals surface area (Å²) in [6.45, 7) is 4.17. The van der Waals surface area contributed by atoms with Crippen LogP contribution in [0.2, 0.25) is 0 Å². The van der Waals surface area contributed by atoms with Crippen molar-refractivity contribution in [3.05, 3.63) is 65.2 Å². The Morgan fingerprint density at radius 2 is 1.74 bits per heavy atom. The number of benzene rings is 2. The van der Waals surface area contributed by atoms with E-state index in [1.165, 1.54) is 13.2 Å². The molecule has 138 valence electrons. The van der Waals surface area contributed by atoms with E-state index in [1.54, 1.807) is 24.3 Å². The Labute approximate surface area is 157 Å². The third-order valence-electron chi connectivity index (χ3n) is 4.33. The van der Waals surface area contributed by atoms with Crippen LogP contribution in [0.1, 0.15) is 30.9 Å². The lowest BCUT2D eigenvalue weighted by Gasteiger charge is -2.26. The molecule has 3 rings (SSSR count). The molecule has 0 aromatic heterocycles. The summed E-state index contributed by atoms with van der Waals surface area (Å²) in [5.74, 6) is -0.505. The third kappa shape index (κ3) is 3.74. The van der Waals surface area contributed by atoms with Gasteiger partial charge in [-0.1, -0.05) is 44.2 Å². The first-order valence-corrected chi connectivity index (χ1v) is 8.56. The highest BCUT2D eigenvalue weighted by Crippen LogP contribution is 2.25. The molecular weight excluding hydrogens is 344 g/mol. The molecule has 1 aliphatic heterocycles. The summed E-state index contributed by atoms with van der Waals surface area (Å²) >= 11 is 0. The number of imide groups is 2. The summed E-state index contributed by atoms with van der Waals surface area (Å²) in [4.78, 5) is 38.3. The SMILES string of the molecule is COc1cccc(N2C(=O)NC(=O)/C(=C/c3ccc(C(C)C)cc3)C2=O)c1. The standard InChI is InChI=1S/C21H20N2O4/c1-13(2)15-9-7-14(8-10-15)11-18-19(24)22-21(26)23(20(18)25)16-5-4-6-17(12-16)27-3/h4-13H,1-3H3,(H,22,24,26)/b18-11-. The summed E-state index contributed by atoms with van der Waals surface area (Å²) < 4.78 is 5.14. The normalized spacial score (nSPS) is 16.1. The van der Waals surface area contributed by atoms with Crippen LogP contribution in [-0.2, 0) is 9.59 Å². The fourth-order valence-corrected chi connectivity index (χ4v) is 2.79. The number of nitrogens with zero attached hydrogens (tertiary/aromatic N) is 1. The maximum absolute atomic E-state index is 12.9. The van der Waals surface area contributed by atoms with Crippen LogP contribution >= 0.6 is 0 Å². The van der Waals surface area contributed by atoms with Crippen LogP contribution in [0, 0.1) is 0 Å². The van der Waals surface area contributed by atoms with Crippen LogP contribution in [-0.4, -0.2) is 25.0 Å². The molecule has 1 saturated heterocycles. The average molecular weight is 364 g/mol. The number of urea groups is 1. The van der Waals surface area contributed by atoms with Crippen LogP contribution in [0.25, 0.3) is 6.08 Å². The van der Waals surface area contributed by atoms with E-state index in [1.807, 2.05) is 24.3 Å². The van der Waals surface area contributed by atoms with E-state index in [4.69, 9.17) is 4.74 Å². The van der Waals surface area contributed by atoms with Crippen LogP contribution < -0.4 is 15.0 Å². The number of rotatable bonds is 4. The lowest BCUT2D eigenvalue weighted by molar-refractivity contribution is -0.122. The van der Waals surface area contributed by atoms with Crippen molar-refractivity contribution in [3.63, 3.8) is 0 Å². The average Bonchev–Trinajstić information content (AvgIpc) is 2.65. The number of ether oxygens (including phenoxy) is 1. The topological polar surface area (TPSA) is 75.7 Å². The van der Waals surface area contributed by atoms with E-state index in [2.05, 4.69) is 19.2 Å². The van der Waals surface area contributed by atoms with E-state index in [9.17, 15) is 14.4 Å². The second-order valence-corrected chi connectivity index (χ2v) is 6.48. The Hall–Kier alpha value is -3.41. The van der Waals surface area contributed by atoms with Crippen LogP contribution in [0.3, 0.4) is 0 Å². The molecule has 1 heterocycles. The van der Waals surface area contributed by atoms with Crippen molar-refractivity contribution in [1.29, 1.82) is 0 Å². The highest BCUT2D eigenvalue weighted by molar-refractivity contribution is 6.39. The monoisotopic (exact) mass is 364 g/mol. The number of barbiturate groups is 1. The van der Waals surface area contributed by atoms with E-state index in [0.29, 0.717) is 22.9 Å². The van der Waals surface area contributed by atoms with Gasteiger partial charge in [0.2, 0.25) is 0 Å². The highest BCUT2D eigenvalue weighted by Gasteiger charge is 2.36. The third-order valence-corrected chi connectivity index (χ3v) is 4.33. The number of carbonyl (C=O) groups is 3. The summed E-state index contributed by atoms with van der Waals surface area (Å²) in [6.07, 6.45) is 1.49. The Morgan fingerprint density at radius 3 is 2.37 bits per heavy atom. The molecule has 6 nitrogen and oxygen atoms in total. The second-order valence-electron chi connectivity index (χ2n) is 6.48. The van der Waals surface area contributed by atoms with Crippen molar-refractivity contribution in [2.24, 2.45) is 0 Å². The molecular formula is C21H20N2O4. The van der Waals surface area contributed by atoms with Gasteiger partial charge in [-0.15, -0.1) is 0 Å². The first-order chi connectivity index (χ1) is 12.9. The van der Waals surface area contributed by atoms with Crippen molar-refractivity contribution in [2.75, 3.05) is 12.0 Å². The zero-order chi connectivity index (χ0) is 19.6. The summed E-state index contributed by atoms with van der Waals surface area (Å²) in [5, 5.41) is 2.21. The zero-order valence-corrected chi connectivity index (χ0v) is 15.4. The molecule has 2 aromatic rings. The molecule has 6 heteroatoms. The maximum Gasteiger partial charge on any atom is 0.335 e. The summed E-state index contributed by atoms with van der Waals surface area (Å²) in [6, 6.07) is 13.3. The van der Waals surface area contributed by atoms with Crippen molar-refractivity contribution < 1.29 is 19.1 Å². The number of hydrogen-bond donors (Lipinski definition) is 1. The van der Waals surface area contributed by atoms with Crippen molar-refractivity contribution in [1.82, 2.24) is 5.32 Å². The van der Waals surface area contributed by atoms with Gasteiger partial charge >= 0.3 is 6.03 Å². The van der Waals surface area contributed by atoms with Gasteiger partial charge in [-0.05, 0) is 35.3 Å². The maximum atomic E-state index is 12.9. The second kappa shape index (κ2) is 7.45. The van der Waals surface area contributed by atoms with E-state index >= 15 is 0 Å². The Bertz CT molecular complexity index is 929. The van der Waals surface area contributed by atoms with Gasteiger partial charge in [0.15, 0.2) is 0 Å². The molecule has 4 amide bonds. The quantitative estimate of drug-likeness (QED) is 0.666. The lowest BCUT2D eigenvalue weighted by Crippen LogP contribution is -2.54. The molecule has 1 N–H and O–H groups in total. The zero-order valence-electron chi connectivity index (χ0n) is 15.4. The van der Waals surface area contributed by atoms with Gasteiger partial charge in [0, 0.05) is 6.07 Å². The molecule has 0 atom stereocenters. The van der Waals surface area contributed by atoms with Crippen LogP contribution in [0.15, 0.2) is 54.1 Å². The first kappa shape index (κ1) is 18.4. The van der Waals surface area contributed by atoms with Gasteiger partial charge in [-0.25, -0.2) is 9.69 Å². The number of nitrogens with one attached hydrogen (secondary N) is 1. The molecule has 1 aliphatic rings. The van der Waals surface area contributed by atoms with Gasteiger partial charge in [-0.2, -0.15) is 0 Å². The van der Waals surface area contributed by atoms with E-state index in [-0.39, 0.29) is 5.57 Å². The largest absolute Gasteiger partial charge is 0.497 e. The van der Waals surface area contributed by atoms with E-state index < -0.39 is 17.8 Å². The predicted molar refractivity (Wildman–Crippen MR) is 103 cm³/mol. The van der Waals surface area contributed by atoms with Crippen molar-refractivity contribution in [2.45, 2.75) is 19.8 Å². The van der Waals surface area contributed by atoms with Gasteiger partial charge in [0.1, 0.15) is 11.3 Å². The number of amides is 4. The molecule has 0 spiro atoms. The molecule has 0 bridgehead atoms. The predicted octanol–water partition coefficient (Wildman–Crippen LogP) is 3.49. The summed E-state index contributed by atoms with van der Waals surface area (Å²) in [7, 11) is 1.49. The fourth-order valence-electron chi connectivity index (χ4n) is 2.79. The summed E-state index contributed by atoms with van der Waals surface area (Å²) in [5.41, 5.74) is 2.09. The number of methoxy groups -OCH3 is 1. The molecule has 2 aromatic carbocycles. The van der Waals surface area contributed by atoms with Gasteiger partial charge in [0.05, 0.1) is 12.8 Å². The van der Waals surface area contributed by atoms with E-state index in [0.717, 1.165) is 10.5 Å². The van der Waals surface area contributed by atoms with Crippen molar-refractivity contribution in [3.8, 4) is 5.75 Å². The molecule has 1 fully saturated rings. The first-order valence-electron chi connectivity index (χ1n) is 8.56. The fraction of sp³-hybridized carbons (Fsp3) is 0.190. The molecule has 27 heavy (non-hydrogen) atoms. The van der Waals surface area contributed by atoms with Crippen LogP contribution in [0.5, 0.6) is 5.75 Å². The Morgan fingerprint density at radius 1 is 1.04 bits per heavy atom.